The van der Waals surface area contributed by atoms with Crippen molar-refractivity contribution < 1.29 is 16.9 Å². The molecule has 0 aliphatic heterocycles. The molecule has 0 amide bonds. The molecular weight excluding hydrogens is 542 g/mol. The van der Waals surface area contributed by atoms with E-state index in [4.69, 9.17) is 0 Å². The number of nitrogens with zero attached hydrogens (tertiary/aromatic N) is 1. The van der Waals surface area contributed by atoms with E-state index in [0.717, 1.165) is 0 Å². The van der Waals surface area contributed by atoms with Crippen LogP contribution in [0.1, 0.15) is 199 Å². The van der Waals surface area contributed by atoms with Gasteiger partial charge in [0, 0.05) is 6.42 Å². The molecule has 2 heteroatoms. The van der Waals surface area contributed by atoms with E-state index in [2.05, 4.69) is 51.2 Å². The first-order chi connectivity index (χ1) is 20.7. The summed E-state index contributed by atoms with van der Waals surface area (Å²) >= 11 is 0. The molecule has 1 aromatic rings. The molecule has 0 unspecified atom stereocenters. The van der Waals surface area contributed by atoms with Crippen molar-refractivity contribution in [2.45, 2.75) is 200 Å². The van der Waals surface area contributed by atoms with Crippen molar-refractivity contribution in [1.29, 1.82) is 0 Å². The van der Waals surface area contributed by atoms with Gasteiger partial charge in [-0.15, -0.1) is 0 Å². The van der Waals surface area contributed by atoms with Crippen molar-refractivity contribution >= 4 is 0 Å². The van der Waals surface area contributed by atoms with Gasteiger partial charge in [-0.3, -0.25) is 0 Å². The molecule has 0 fully saturated rings. The van der Waals surface area contributed by atoms with Crippen LogP contribution in [0.15, 0.2) is 30.3 Å². The van der Waals surface area contributed by atoms with E-state index in [0.29, 0.717) is 0 Å². The van der Waals surface area contributed by atoms with Gasteiger partial charge in [0.15, 0.2) is 0 Å². The number of halogens is 1. The van der Waals surface area contributed by atoms with Crippen molar-refractivity contribution in [2.24, 2.45) is 0 Å². The molecular formula is C41H78ClN. The quantitative estimate of drug-likeness (QED) is 0.0542. The Kier molecular flexibility index (Phi) is 32.4. The minimum atomic E-state index is 0. The molecule has 0 heterocycles. The van der Waals surface area contributed by atoms with Gasteiger partial charge >= 0.3 is 0 Å². The maximum atomic E-state index is 2.56. The third kappa shape index (κ3) is 28.7. The molecule has 0 atom stereocenters. The van der Waals surface area contributed by atoms with Crippen molar-refractivity contribution in [3.05, 3.63) is 35.9 Å². The molecule has 254 valence electrons. The zero-order chi connectivity index (χ0) is 30.2. The molecule has 0 aliphatic rings. The molecule has 0 saturated carbocycles. The molecule has 0 bridgehead atoms. The van der Waals surface area contributed by atoms with Crippen molar-refractivity contribution in [3.63, 3.8) is 0 Å². The van der Waals surface area contributed by atoms with Crippen molar-refractivity contribution in [2.75, 3.05) is 26.7 Å². The van der Waals surface area contributed by atoms with E-state index in [1.165, 1.54) is 216 Å². The van der Waals surface area contributed by atoms with E-state index in [1.807, 2.05) is 0 Å². The lowest BCUT2D eigenvalue weighted by molar-refractivity contribution is -0.909. The lowest BCUT2D eigenvalue weighted by Crippen LogP contribution is -3.00. The average molecular weight is 621 g/mol. The highest BCUT2D eigenvalue weighted by Gasteiger charge is 2.20. The fourth-order valence-corrected chi connectivity index (χ4v) is 6.76. The molecule has 1 nitrogen and oxygen atoms in total. The Morgan fingerprint density at radius 2 is 0.651 bits per heavy atom. The highest BCUT2D eigenvalue weighted by molar-refractivity contribution is 5.14. The first kappa shape index (κ1) is 42.5. The molecule has 0 N–H and O–H groups in total. The maximum absolute atomic E-state index is 2.56. The number of likely N-dealkylation sites (N-methyl/N-ethyl adjacent to an activating group) is 1. The average Bonchev–Trinajstić information content (AvgIpc) is 3.01. The van der Waals surface area contributed by atoms with Gasteiger partial charge in [0.05, 0.1) is 26.7 Å². The number of hydrogen-bond acceptors (Lipinski definition) is 0. The highest BCUT2D eigenvalue weighted by atomic mass is 35.5. The fraction of sp³-hybridized carbons (Fsp3) is 0.854. The molecule has 0 aliphatic carbocycles. The third-order valence-corrected chi connectivity index (χ3v) is 9.89. The largest absolute Gasteiger partial charge is 1.00 e. The Balaban J connectivity index is 0.0000176. The Morgan fingerprint density at radius 3 is 0.953 bits per heavy atom. The Hall–Kier alpha value is -0.530. The van der Waals surface area contributed by atoms with Gasteiger partial charge in [0.2, 0.25) is 0 Å². The molecule has 0 radical (unpaired) electrons. The predicted molar refractivity (Wildman–Crippen MR) is 192 cm³/mol. The summed E-state index contributed by atoms with van der Waals surface area (Å²) in [6.45, 7) is 8.68. The molecule has 1 aromatic carbocycles. The summed E-state index contributed by atoms with van der Waals surface area (Å²) in [4.78, 5) is 0. The maximum Gasteiger partial charge on any atom is 0.0825 e. The number of rotatable bonds is 33. The van der Waals surface area contributed by atoms with Crippen LogP contribution in [0.25, 0.3) is 0 Å². The van der Waals surface area contributed by atoms with Crippen LogP contribution in [-0.4, -0.2) is 31.2 Å². The van der Waals surface area contributed by atoms with Gasteiger partial charge < -0.3 is 16.9 Å². The summed E-state index contributed by atoms with van der Waals surface area (Å²) in [5, 5.41) is 0. The van der Waals surface area contributed by atoms with Crippen LogP contribution in [0, 0.1) is 0 Å². The first-order valence-corrected chi connectivity index (χ1v) is 19.6. The molecule has 43 heavy (non-hydrogen) atoms. The molecule has 1 rings (SSSR count). The summed E-state index contributed by atoms with van der Waals surface area (Å²) in [5.41, 5.74) is 1.52. The summed E-state index contributed by atoms with van der Waals surface area (Å²) in [6, 6.07) is 11.2. The van der Waals surface area contributed by atoms with Crippen LogP contribution in [0.3, 0.4) is 0 Å². The van der Waals surface area contributed by atoms with Crippen LogP contribution in [0.2, 0.25) is 0 Å². The molecule has 0 spiro atoms. The minimum absolute atomic E-state index is 0. The van der Waals surface area contributed by atoms with Gasteiger partial charge in [0.1, 0.15) is 0 Å². The second kappa shape index (κ2) is 32.9. The van der Waals surface area contributed by atoms with Crippen LogP contribution in [0.4, 0.5) is 0 Å². The second-order valence-electron chi connectivity index (χ2n) is 14.2. The number of quaternary nitrogens is 1. The lowest BCUT2D eigenvalue weighted by Gasteiger charge is -2.35. The predicted octanol–water partition coefficient (Wildman–Crippen LogP) is 10.6. The third-order valence-electron chi connectivity index (χ3n) is 9.89. The summed E-state index contributed by atoms with van der Waals surface area (Å²) in [6.07, 6.45) is 41.9. The van der Waals surface area contributed by atoms with E-state index < -0.39 is 0 Å². The fourth-order valence-electron chi connectivity index (χ4n) is 6.76. The topological polar surface area (TPSA) is 0 Å². The molecule has 0 aromatic heterocycles. The Morgan fingerprint density at radius 1 is 0.372 bits per heavy atom. The lowest BCUT2D eigenvalue weighted by atomic mass is 10.0. The van der Waals surface area contributed by atoms with E-state index in [1.54, 1.807) is 0 Å². The Labute approximate surface area is 278 Å². The second-order valence-corrected chi connectivity index (χ2v) is 14.2. The smallest absolute Gasteiger partial charge is 0.0825 e. The zero-order valence-corrected chi connectivity index (χ0v) is 30.6. The number of hydrogen-bond donors (Lipinski definition) is 0. The normalized spacial score (nSPS) is 11.6. The highest BCUT2D eigenvalue weighted by Crippen LogP contribution is 2.17. The van der Waals surface area contributed by atoms with Crippen molar-refractivity contribution in [3.8, 4) is 0 Å². The zero-order valence-electron chi connectivity index (χ0n) is 29.8. The van der Waals surface area contributed by atoms with Crippen molar-refractivity contribution in [1.82, 2.24) is 0 Å². The monoisotopic (exact) mass is 620 g/mol. The molecule has 0 saturated heterocycles. The van der Waals surface area contributed by atoms with Gasteiger partial charge in [-0.2, -0.15) is 0 Å². The van der Waals surface area contributed by atoms with Gasteiger partial charge in [-0.25, -0.2) is 0 Å². The summed E-state index contributed by atoms with van der Waals surface area (Å²) in [5.74, 6) is 0. The first-order valence-electron chi connectivity index (χ1n) is 19.6. The van der Waals surface area contributed by atoms with Crippen LogP contribution in [-0.2, 0) is 6.42 Å². The summed E-state index contributed by atoms with van der Waals surface area (Å²) in [7, 11) is 2.56. The van der Waals surface area contributed by atoms with E-state index in [-0.39, 0.29) is 12.4 Å². The minimum Gasteiger partial charge on any atom is -1.00 e. The summed E-state index contributed by atoms with van der Waals surface area (Å²) < 4.78 is 1.28. The standard InChI is InChI=1S/C41H78N.ClH/c1-4-6-8-10-12-14-16-18-20-22-24-26-28-33-38-42(3,40-37-41-35-31-30-32-36-41)39-34-29-27-25-23-21-19-17-15-13-11-9-7-5-2;/h30-32,35-36H,4-29,33-34,37-40H2,1-3H3;1H/q+1;/p-1. The SMILES string of the molecule is CCCCCCCCCCCCCCCC[N+](C)(CCCCCCCCCCCCCCCC)CCc1ccccc1.[Cl-]. The number of unbranched alkanes of at least 4 members (excludes halogenated alkanes) is 26. The Bertz CT molecular complexity index is 612. The van der Waals surface area contributed by atoms with Gasteiger partial charge in [0.25, 0.3) is 0 Å². The van der Waals surface area contributed by atoms with Crippen LogP contribution >= 0.6 is 0 Å². The van der Waals surface area contributed by atoms with Crippen LogP contribution < -0.4 is 12.4 Å². The number of benzene rings is 1. The van der Waals surface area contributed by atoms with E-state index >= 15 is 0 Å². The van der Waals surface area contributed by atoms with Gasteiger partial charge in [-0.1, -0.05) is 198 Å². The van der Waals surface area contributed by atoms with Gasteiger partial charge in [-0.05, 0) is 31.2 Å². The van der Waals surface area contributed by atoms with E-state index in [9.17, 15) is 0 Å². The van der Waals surface area contributed by atoms with Crippen LogP contribution in [0.5, 0.6) is 0 Å².